The van der Waals surface area contributed by atoms with E-state index in [1.807, 2.05) is 24.3 Å². The van der Waals surface area contributed by atoms with E-state index in [9.17, 15) is 8.78 Å². The summed E-state index contributed by atoms with van der Waals surface area (Å²) < 4.78 is 26.8. The molecule has 0 unspecified atom stereocenters. The maximum Gasteiger partial charge on any atom is 0.149 e. The van der Waals surface area contributed by atoms with Crippen LogP contribution in [-0.4, -0.2) is 16.5 Å². The fraction of sp³-hybridized carbons (Fsp3) is 0.158. The number of rotatable bonds is 6. The molecule has 0 fully saturated rings. The lowest BCUT2D eigenvalue weighted by atomic mass is 10.1. The Balaban J connectivity index is 1.67. The molecule has 0 aliphatic carbocycles. The van der Waals surface area contributed by atoms with E-state index in [1.165, 1.54) is 12.1 Å². The first kappa shape index (κ1) is 18.1. The molecule has 0 aliphatic heterocycles. The molecule has 0 bridgehead atoms. The second kappa shape index (κ2) is 8.10. The Kier molecular flexibility index (Phi) is 5.63. The minimum absolute atomic E-state index is 0.148. The lowest BCUT2D eigenvalue weighted by molar-refractivity contribution is 0.586. The molecule has 26 heavy (non-hydrogen) atoms. The third kappa shape index (κ3) is 4.89. The van der Waals surface area contributed by atoms with Gasteiger partial charge in [0.15, 0.2) is 0 Å². The zero-order valence-corrected chi connectivity index (χ0v) is 14.8. The van der Waals surface area contributed by atoms with E-state index in [2.05, 4.69) is 20.6 Å². The smallest absolute Gasteiger partial charge is 0.149 e. The van der Waals surface area contributed by atoms with Crippen LogP contribution in [0.25, 0.3) is 0 Å². The maximum atomic E-state index is 13.8. The van der Waals surface area contributed by atoms with Crippen LogP contribution in [0.4, 0.5) is 26.1 Å². The van der Waals surface area contributed by atoms with Crippen molar-refractivity contribution in [2.24, 2.45) is 0 Å². The van der Waals surface area contributed by atoms with E-state index in [0.717, 1.165) is 18.1 Å². The number of anilines is 3. The van der Waals surface area contributed by atoms with E-state index in [-0.39, 0.29) is 5.69 Å². The van der Waals surface area contributed by atoms with Gasteiger partial charge in [0.1, 0.15) is 29.1 Å². The molecule has 1 heterocycles. The van der Waals surface area contributed by atoms with Crippen LogP contribution in [0.2, 0.25) is 5.02 Å². The minimum Gasteiger partial charge on any atom is -0.370 e. The molecule has 2 N–H and O–H groups in total. The van der Waals surface area contributed by atoms with Gasteiger partial charge in [-0.05, 0) is 43.2 Å². The van der Waals surface area contributed by atoms with Crippen molar-refractivity contribution >= 4 is 28.9 Å². The summed E-state index contributed by atoms with van der Waals surface area (Å²) in [5.74, 6) is 0.257. The van der Waals surface area contributed by atoms with E-state index in [1.54, 1.807) is 13.0 Å². The summed E-state index contributed by atoms with van der Waals surface area (Å²) in [4.78, 5) is 8.55. The molecular formula is C19H17ClF2N4. The summed E-state index contributed by atoms with van der Waals surface area (Å²) in [5, 5.41) is 6.76. The molecule has 1 aromatic heterocycles. The fourth-order valence-electron chi connectivity index (χ4n) is 2.48. The van der Waals surface area contributed by atoms with Crippen molar-refractivity contribution in [2.45, 2.75) is 13.3 Å². The van der Waals surface area contributed by atoms with Crippen LogP contribution in [0.5, 0.6) is 0 Å². The van der Waals surface area contributed by atoms with Crippen molar-refractivity contribution in [1.29, 1.82) is 0 Å². The standard InChI is InChI=1S/C19H17ClF2N4/c1-12-24-18(23-8-7-13-3-2-4-14(20)9-13)11-19(25-12)26-17-6-5-15(21)10-16(17)22/h2-6,9-11H,7-8H2,1H3,(H2,23,24,25,26). The Morgan fingerprint density at radius 1 is 1.00 bits per heavy atom. The number of nitrogens with one attached hydrogen (secondary N) is 2. The Labute approximate surface area is 155 Å². The predicted molar refractivity (Wildman–Crippen MR) is 100 cm³/mol. The first-order chi connectivity index (χ1) is 12.5. The van der Waals surface area contributed by atoms with Crippen LogP contribution < -0.4 is 10.6 Å². The van der Waals surface area contributed by atoms with Gasteiger partial charge in [0, 0.05) is 23.7 Å². The normalized spacial score (nSPS) is 10.6. The molecule has 0 amide bonds. The van der Waals surface area contributed by atoms with Crippen molar-refractivity contribution in [2.75, 3.05) is 17.2 Å². The highest BCUT2D eigenvalue weighted by Crippen LogP contribution is 2.21. The summed E-state index contributed by atoms with van der Waals surface area (Å²) in [5.41, 5.74) is 1.26. The topological polar surface area (TPSA) is 49.8 Å². The number of hydrogen-bond acceptors (Lipinski definition) is 4. The van der Waals surface area contributed by atoms with Gasteiger partial charge in [-0.15, -0.1) is 0 Å². The molecule has 0 atom stereocenters. The molecule has 0 aliphatic rings. The molecule has 0 saturated carbocycles. The number of hydrogen-bond donors (Lipinski definition) is 2. The zero-order chi connectivity index (χ0) is 18.5. The largest absolute Gasteiger partial charge is 0.370 e. The van der Waals surface area contributed by atoms with Gasteiger partial charge >= 0.3 is 0 Å². The summed E-state index contributed by atoms with van der Waals surface area (Å²) in [6, 6.07) is 12.7. The Bertz CT molecular complexity index is 918. The molecular weight excluding hydrogens is 358 g/mol. The van der Waals surface area contributed by atoms with Crippen molar-refractivity contribution in [3.63, 3.8) is 0 Å². The summed E-state index contributed by atoms with van der Waals surface area (Å²) in [7, 11) is 0. The second-order valence-corrected chi connectivity index (χ2v) is 6.18. The number of aromatic nitrogens is 2. The SMILES string of the molecule is Cc1nc(NCCc2cccc(Cl)c2)cc(Nc2ccc(F)cc2F)n1. The second-order valence-electron chi connectivity index (χ2n) is 5.74. The van der Waals surface area contributed by atoms with Crippen LogP contribution in [0.3, 0.4) is 0 Å². The van der Waals surface area contributed by atoms with E-state index in [0.29, 0.717) is 29.0 Å². The molecule has 0 saturated heterocycles. The lowest BCUT2D eigenvalue weighted by Gasteiger charge is -2.11. The zero-order valence-electron chi connectivity index (χ0n) is 14.1. The average Bonchev–Trinajstić information content (AvgIpc) is 2.57. The van der Waals surface area contributed by atoms with Gasteiger partial charge in [-0.3, -0.25) is 0 Å². The first-order valence-electron chi connectivity index (χ1n) is 8.06. The first-order valence-corrected chi connectivity index (χ1v) is 8.43. The molecule has 4 nitrogen and oxygen atoms in total. The molecule has 0 spiro atoms. The lowest BCUT2D eigenvalue weighted by Crippen LogP contribution is -2.08. The van der Waals surface area contributed by atoms with Gasteiger partial charge in [-0.25, -0.2) is 18.7 Å². The van der Waals surface area contributed by atoms with E-state index < -0.39 is 11.6 Å². The van der Waals surface area contributed by atoms with Gasteiger partial charge in [-0.1, -0.05) is 23.7 Å². The molecule has 3 aromatic rings. The molecule has 134 valence electrons. The number of nitrogens with zero attached hydrogens (tertiary/aromatic N) is 2. The van der Waals surface area contributed by atoms with Gasteiger partial charge in [0.2, 0.25) is 0 Å². The molecule has 0 radical (unpaired) electrons. The summed E-state index contributed by atoms with van der Waals surface area (Å²) >= 11 is 5.98. The maximum absolute atomic E-state index is 13.8. The highest BCUT2D eigenvalue weighted by Gasteiger charge is 2.07. The highest BCUT2D eigenvalue weighted by atomic mass is 35.5. The number of aryl methyl sites for hydroxylation is 1. The van der Waals surface area contributed by atoms with Crippen LogP contribution in [0, 0.1) is 18.6 Å². The predicted octanol–water partition coefficient (Wildman–Crippen LogP) is 5.11. The number of halogens is 3. The van der Waals surface area contributed by atoms with Crippen molar-refractivity contribution in [1.82, 2.24) is 9.97 Å². The van der Waals surface area contributed by atoms with Crippen LogP contribution in [0.1, 0.15) is 11.4 Å². The fourth-order valence-corrected chi connectivity index (χ4v) is 2.69. The quantitative estimate of drug-likeness (QED) is 0.629. The molecule has 2 aromatic carbocycles. The average molecular weight is 375 g/mol. The summed E-state index contributed by atoms with van der Waals surface area (Å²) in [6.45, 7) is 2.40. The van der Waals surface area contributed by atoms with Gasteiger partial charge in [0.05, 0.1) is 5.69 Å². The van der Waals surface area contributed by atoms with Gasteiger partial charge in [-0.2, -0.15) is 0 Å². The van der Waals surface area contributed by atoms with Gasteiger partial charge < -0.3 is 10.6 Å². The van der Waals surface area contributed by atoms with Gasteiger partial charge in [0.25, 0.3) is 0 Å². The van der Waals surface area contributed by atoms with Crippen LogP contribution in [0.15, 0.2) is 48.5 Å². The van der Waals surface area contributed by atoms with Crippen molar-refractivity contribution in [3.8, 4) is 0 Å². The third-order valence-corrected chi connectivity index (χ3v) is 3.88. The van der Waals surface area contributed by atoms with E-state index >= 15 is 0 Å². The van der Waals surface area contributed by atoms with Crippen molar-refractivity contribution < 1.29 is 8.78 Å². The Morgan fingerprint density at radius 3 is 2.58 bits per heavy atom. The van der Waals surface area contributed by atoms with Crippen molar-refractivity contribution in [3.05, 3.63) is 76.6 Å². The number of benzene rings is 2. The molecule has 3 rings (SSSR count). The monoisotopic (exact) mass is 374 g/mol. The van der Waals surface area contributed by atoms with Crippen LogP contribution in [-0.2, 0) is 6.42 Å². The minimum atomic E-state index is -0.684. The van der Waals surface area contributed by atoms with E-state index in [4.69, 9.17) is 11.6 Å². The highest BCUT2D eigenvalue weighted by molar-refractivity contribution is 6.30. The Morgan fingerprint density at radius 2 is 1.81 bits per heavy atom. The Hall–Kier alpha value is -2.73. The summed E-state index contributed by atoms with van der Waals surface area (Å²) in [6.07, 6.45) is 0.777. The molecule has 7 heteroatoms. The third-order valence-electron chi connectivity index (χ3n) is 3.64. The van der Waals surface area contributed by atoms with Crippen LogP contribution >= 0.6 is 11.6 Å².